The first-order chi connectivity index (χ1) is 7.99. The highest BCUT2D eigenvalue weighted by Gasteiger charge is 2.34. The number of carboxylic acids is 1. The molecule has 0 amide bonds. The van der Waals surface area contributed by atoms with E-state index in [1.54, 1.807) is 6.07 Å². The Morgan fingerprint density at radius 1 is 1.59 bits per heavy atom. The highest BCUT2D eigenvalue weighted by atomic mass is 79.9. The topological polar surface area (TPSA) is 37.3 Å². The average molecular weight is 322 g/mol. The molecular weight excluding hydrogens is 310 g/mol. The van der Waals surface area contributed by atoms with Crippen LogP contribution in [-0.2, 0) is 4.79 Å². The van der Waals surface area contributed by atoms with E-state index >= 15 is 0 Å². The van der Waals surface area contributed by atoms with Gasteiger partial charge in [0.1, 0.15) is 0 Å². The first-order valence-electron chi connectivity index (χ1n) is 5.35. The molecule has 1 aliphatic carbocycles. The molecule has 0 radical (unpaired) electrons. The van der Waals surface area contributed by atoms with Crippen molar-refractivity contribution < 1.29 is 14.3 Å². The molecule has 0 aromatic heterocycles. The van der Waals surface area contributed by atoms with Crippen LogP contribution in [0, 0.1) is 11.7 Å². The van der Waals surface area contributed by atoms with Crippen LogP contribution in [0.1, 0.15) is 30.7 Å². The zero-order chi connectivity index (χ0) is 12.6. The minimum Gasteiger partial charge on any atom is -0.481 e. The van der Waals surface area contributed by atoms with Crippen molar-refractivity contribution in [1.82, 2.24) is 0 Å². The molecule has 1 N–H and O–H groups in total. The van der Waals surface area contributed by atoms with Crippen LogP contribution in [0.5, 0.6) is 0 Å². The molecule has 1 saturated carbocycles. The Morgan fingerprint density at radius 2 is 2.24 bits per heavy atom. The number of aliphatic carboxylic acids is 1. The van der Waals surface area contributed by atoms with Gasteiger partial charge in [0.05, 0.1) is 15.9 Å². The lowest BCUT2D eigenvalue weighted by molar-refractivity contribution is -0.137. The van der Waals surface area contributed by atoms with Gasteiger partial charge in [-0.25, -0.2) is 4.39 Å². The predicted molar refractivity (Wildman–Crippen MR) is 66.8 cm³/mol. The van der Waals surface area contributed by atoms with Crippen molar-refractivity contribution in [3.63, 3.8) is 0 Å². The molecular formula is C12H11BrClFO2. The molecule has 1 atom stereocenters. The van der Waals surface area contributed by atoms with Crippen molar-refractivity contribution >= 4 is 33.5 Å². The molecule has 0 saturated heterocycles. The van der Waals surface area contributed by atoms with Crippen molar-refractivity contribution in [2.24, 2.45) is 5.92 Å². The number of halogens is 3. The van der Waals surface area contributed by atoms with Crippen LogP contribution in [-0.4, -0.2) is 11.1 Å². The molecule has 5 heteroatoms. The van der Waals surface area contributed by atoms with Gasteiger partial charge in [-0.1, -0.05) is 11.6 Å². The Labute approximate surface area is 112 Å². The van der Waals surface area contributed by atoms with E-state index in [-0.39, 0.29) is 21.8 Å². The first-order valence-corrected chi connectivity index (χ1v) is 6.52. The van der Waals surface area contributed by atoms with Gasteiger partial charge in [0, 0.05) is 0 Å². The Hall–Kier alpha value is -0.610. The zero-order valence-electron chi connectivity index (χ0n) is 8.92. The fourth-order valence-electron chi connectivity index (χ4n) is 2.03. The second-order valence-electron chi connectivity index (χ2n) is 4.34. The number of carbonyl (C=O) groups is 1. The van der Waals surface area contributed by atoms with Gasteiger partial charge >= 0.3 is 5.97 Å². The van der Waals surface area contributed by atoms with Gasteiger partial charge in [-0.3, -0.25) is 4.79 Å². The van der Waals surface area contributed by atoms with Gasteiger partial charge in [0.25, 0.3) is 0 Å². The van der Waals surface area contributed by atoms with Crippen LogP contribution in [0.15, 0.2) is 16.6 Å². The number of rotatable bonds is 4. The lowest BCUT2D eigenvalue weighted by Gasteiger charge is -2.15. The molecule has 92 valence electrons. The van der Waals surface area contributed by atoms with Crippen molar-refractivity contribution in [2.45, 2.75) is 25.2 Å². The van der Waals surface area contributed by atoms with E-state index in [4.69, 9.17) is 16.7 Å². The van der Waals surface area contributed by atoms with Crippen LogP contribution in [0.3, 0.4) is 0 Å². The Balaban J connectivity index is 2.32. The maximum atomic E-state index is 13.4. The minimum absolute atomic E-state index is 0.0328. The lowest BCUT2D eigenvalue weighted by Crippen LogP contribution is -2.08. The van der Waals surface area contributed by atoms with Crippen molar-refractivity contribution in [3.8, 4) is 0 Å². The summed E-state index contributed by atoms with van der Waals surface area (Å²) in [6.07, 6.45) is 2.13. The van der Waals surface area contributed by atoms with E-state index in [1.807, 2.05) is 0 Å². The van der Waals surface area contributed by atoms with Crippen LogP contribution in [0.25, 0.3) is 0 Å². The molecule has 1 aromatic rings. The summed E-state index contributed by atoms with van der Waals surface area (Å²) >= 11 is 8.87. The summed E-state index contributed by atoms with van der Waals surface area (Å²) < 4.78 is 13.6. The fourth-order valence-corrected chi connectivity index (χ4v) is 2.85. The van der Waals surface area contributed by atoms with Crippen LogP contribution in [0.4, 0.5) is 4.39 Å². The predicted octanol–water partition coefficient (Wildman–Crippen LogP) is 4.21. The second kappa shape index (κ2) is 4.94. The molecule has 2 rings (SSSR count). The third-order valence-corrected chi connectivity index (χ3v) is 3.87. The number of carboxylic acid groups (broad SMARTS) is 1. The molecule has 2 nitrogen and oxygen atoms in total. The molecule has 1 aromatic carbocycles. The summed E-state index contributed by atoms with van der Waals surface area (Å²) in [5.74, 6) is -1.01. The Morgan fingerprint density at radius 3 is 2.71 bits per heavy atom. The maximum absolute atomic E-state index is 13.4. The van der Waals surface area contributed by atoms with E-state index in [2.05, 4.69) is 15.9 Å². The second-order valence-corrected chi connectivity index (χ2v) is 5.60. The SMILES string of the molecule is O=C(O)CC(c1cc(Cl)c(F)c(Br)c1)C1CC1. The highest BCUT2D eigenvalue weighted by molar-refractivity contribution is 9.10. The van der Waals surface area contributed by atoms with Gasteiger partial charge in [-0.15, -0.1) is 0 Å². The van der Waals surface area contributed by atoms with Gasteiger partial charge < -0.3 is 5.11 Å². The molecule has 0 aliphatic heterocycles. The fraction of sp³-hybridized carbons (Fsp3) is 0.417. The molecule has 1 fully saturated rings. The minimum atomic E-state index is -0.835. The van der Waals surface area contributed by atoms with Crippen molar-refractivity contribution in [2.75, 3.05) is 0 Å². The van der Waals surface area contributed by atoms with E-state index in [1.165, 1.54) is 6.07 Å². The van der Waals surface area contributed by atoms with Crippen LogP contribution >= 0.6 is 27.5 Å². The quantitative estimate of drug-likeness (QED) is 0.844. The Bertz CT molecular complexity index is 437. The zero-order valence-corrected chi connectivity index (χ0v) is 11.3. The third kappa shape index (κ3) is 2.99. The summed E-state index contributed by atoms with van der Waals surface area (Å²) in [5, 5.41) is 8.93. The molecule has 1 aliphatic rings. The van der Waals surface area contributed by atoms with E-state index in [0.29, 0.717) is 5.92 Å². The molecule has 17 heavy (non-hydrogen) atoms. The summed E-state index contributed by atoms with van der Waals surface area (Å²) in [7, 11) is 0. The van der Waals surface area contributed by atoms with Gasteiger partial charge in [0.15, 0.2) is 5.82 Å². The monoisotopic (exact) mass is 320 g/mol. The van der Waals surface area contributed by atoms with Gasteiger partial charge in [-0.05, 0) is 58.3 Å². The number of hydrogen-bond acceptors (Lipinski definition) is 1. The van der Waals surface area contributed by atoms with E-state index < -0.39 is 11.8 Å². The van der Waals surface area contributed by atoms with E-state index in [0.717, 1.165) is 18.4 Å². The molecule has 0 bridgehead atoms. The molecule has 0 heterocycles. The molecule has 0 spiro atoms. The average Bonchev–Trinajstić information content (AvgIpc) is 3.05. The van der Waals surface area contributed by atoms with Crippen LogP contribution in [0.2, 0.25) is 5.02 Å². The standard InChI is InChI=1S/C12H11BrClFO2/c13-9-3-7(4-10(14)12(9)15)8(5-11(16)17)6-1-2-6/h3-4,6,8H,1-2,5H2,(H,16,17). The van der Waals surface area contributed by atoms with Crippen molar-refractivity contribution in [1.29, 1.82) is 0 Å². The largest absolute Gasteiger partial charge is 0.481 e. The number of benzene rings is 1. The van der Waals surface area contributed by atoms with Gasteiger partial charge in [-0.2, -0.15) is 0 Å². The highest BCUT2D eigenvalue weighted by Crippen LogP contribution is 2.45. The molecule has 1 unspecified atom stereocenters. The summed E-state index contributed by atoms with van der Waals surface area (Å²) in [4.78, 5) is 10.8. The normalized spacial score (nSPS) is 16.9. The third-order valence-electron chi connectivity index (χ3n) is 3.02. The van der Waals surface area contributed by atoms with Crippen LogP contribution < -0.4 is 0 Å². The van der Waals surface area contributed by atoms with E-state index in [9.17, 15) is 9.18 Å². The summed E-state index contributed by atoms with van der Waals surface area (Å²) in [6, 6.07) is 3.17. The lowest BCUT2D eigenvalue weighted by atomic mass is 9.91. The summed E-state index contributed by atoms with van der Waals surface area (Å²) in [5.41, 5.74) is 0.799. The van der Waals surface area contributed by atoms with Gasteiger partial charge in [0.2, 0.25) is 0 Å². The first kappa shape index (κ1) is 12.8. The maximum Gasteiger partial charge on any atom is 0.303 e. The Kier molecular flexibility index (Phi) is 3.73. The smallest absolute Gasteiger partial charge is 0.303 e. The summed E-state index contributed by atoms with van der Waals surface area (Å²) in [6.45, 7) is 0. The number of hydrogen-bond donors (Lipinski definition) is 1. The van der Waals surface area contributed by atoms with Crippen molar-refractivity contribution in [3.05, 3.63) is 33.0 Å².